The first-order valence-electron chi connectivity index (χ1n) is 13.0. The van der Waals surface area contributed by atoms with Crippen LogP contribution in [0, 0.1) is 23.5 Å². The van der Waals surface area contributed by atoms with Gasteiger partial charge in [0.15, 0.2) is 10.9 Å². The molecule has 2 N–H and O–H groups in total. The van der Waals surface area contributed by atoms with E-state index in [-0.39, 0.29) is 72.3 Å². The third-order valence-corrected chi connectivity index (χ3v) is 8.52. The predicted molar refractivity (Wildman–Crippen MR) is 153 cm³/mol. The number of benzene rings is 2. The largest absolute Gasteiger partial charge is 0.470 e. The molecule has 2 aromatic carbocycles. The fraction of sp³-hybridized carbons (Fsp3) is 0.357. The normalized spacial score (nSPS) is 17.5. The lowest BCUT2D eigenvalue weighted by Gasteiger charge is -2.37. The Morgan fingerprint density at radius 1 is 1.24 bits per heavy atom. The molecule has 0 spiro atoms. The highest BCUT2D eigenvalue weighted by Crippen LogP contribution is 2.42. The smallest absolute Gasteiger partial charge is 0.320 e. The molecule has 212 valence electrons. The molecule has 0 radical (unpaired) electrons. The summed E-state index contributed by atoms with van der Waals surface area (Å²) in [5, 5.41) is 0.413. The van der Waals surface area contributed by atoms with Gasteiger partial charge >= 0.3 is 6.01 Å². The number of nitrogens with zero attached hydrogens (tertiary/aromatic N) is 5. The number of likely N-dealkylation sites (N-methyl/N-ethyl adjacent to an activating group) is 1. The zero-order chi connectivity index (χ0) is 28.8. The first-order chi connectivity index (χ1) is 19.7. The van der Waals surface area contributed by atoms with Gasteiger partial charge in [-0.25, -0.2) is 13.8 Å². The van der Waals surface area contributed by atoms with Crippen LogP contribution in [0.5, 0.6) is 11.9 Å². The van der Waals surface area contributed by atoms with E-state index in [2.05, 4.69) is 31.7 Å². The molecule has 2 aromatic heterocycles. The summed E-state index contributed by atoms with van der Waals surface area (Å²) in [6.45, 7) is 3.48. The minimum absolute atomic E-state index is 0.000788. The van der Waals surface area contributed by atoms with Crippen molar-refractivity contribution in [1.29, 1.82) is 0 Å². The standard InChI is InChI=1S/C28H25ClF2N6O3S/c1-3-5-20(38)37-11-15(12-37)40-26-17-10-18(29)21(16-7-8-19(30)25-24(16)33-27(32)41-25)22(31)23(17)34-28(35-26)39-13-14-6-4-9-36(14)2/h7-8,10,14-15H,4,6,9,11-13H2,1-2H3,(H2,32,33)/t14-/m0/s1. The van der Waals surface area contributed by atoms with Gasteiger partial charge in [-0.05, 0) is 57.5 Å². The minimum atomic E-state index is -0.759. The first kappa shape index (κ1) is 27.4. The van der Waals surface area contributed by atoms with Gasteiger partial charge in [0, 0.05) is 17.2 Å². The van der Waals surface area contributed by atoms with E-state index < -0.39 is 11.6 Å². The van der Waals surface area contributed by atoms with Crippen LogP contribution in [0.4, 0.5) is 13.9 Å². The topological polar surface area (TPSA) is 107 Å². The molecule has 2 fully saturated rings. The number of thiazole rings is 1. The summed E-state index contributed by atoms with van der Waals surface area (Å²) in [5.74, 6) is 3.60. The first-order valence-corrected chi connectivity index (χ1v) is 14.2. The van der Waals surface area contributed by atoms with Crippen molar-refractivity contribution >= 4 is 55.1 Å². The molecule has 2 aliphatic rings. The molecule has 0 unspecified atom stereocenters. The van der Waals surface area contributed by atoms with Crippen LogP contribution in [0.15, 0.2) is 18.2 Å². The van der Waals surface area contributed by atoms with Gasteiger partial charge in [0.25, 0.3) is 5.91 Å². The number of hydrogen-bond donors (Lipinski definition) is 1. The maximum atomic E-state index is 16.4. The number of carbonyl (C=O) groups excluding carboxylic acids is 1. The second-order valence-electron chi connectivity index (χ2n) is 9.99. The Morgan fingerprint density at radius 2 is 2.05 bits per heavy atom. The number of amides is 1. The number of fused-ring (bicyclic) bond motifs is 2. The molecule has 41 heavy (non-hydrogen) atoms. The number of carbonyl (C=O) groups is 1. The maximum Gasteiger partial charge on any atom is 0.320 e. The molecule has 9 nitrogen and oxygen atoms in total. The number of rotatable bonds is 6. The molecule has 4 aromatic rings. The van der Waals surface area contributed by atoms with Gasteiger partial charge in [0.1, 0.15) is 24.0 Å². The lowest BCUT2D eigenvalue weighted by Crippen LogP contribution is -2.56. The van der Waals surface area contributed by atoms with Crippen LogP contribution < -0.4 is 15.2 Å². The van der Waals surface area contributed by atoms with Crippen LogP contribution in [0.3, 0.4) is 0 Å². The molecular formula is C28H25ClF2N6O3S. The molecule has 6 rings (SSSR count). The molecule has 0 aliphatic carbocycles. The second-order valence-corrected chi connectivity index (χ2v) is 11.4. The van der Waals surface area contributed by atoms with Crippen LogP contribution in [-0.2, 0) is 4.79 Å². The second kappa shape index (κ2) is 10.9. The van der Waals surface area contributed by atoms with Crippen molar-refractivity contribution in [1.82, 2.24) is 24.8 Å². The van der Waals surface area contributed by atoms with E-state index in [0.29, 0.717) is 19.7 Å². The van der Waals surface area contributed by atoms with Gasteiger partial charge in [0.05, 0.1) is 33.7 Å². The Morgan fingerprint density at radius 3 is 2.78 bits per heavy atom. The fourth-order valence-corrected chi connectivity index (χ4v) is 6.18. The van der Waals surface area contributed by atoms with Gasteiger partial charge in [-0.2, -0.15) is 9.97 Å². The molecule has 4 heterocycles. The van der Waals surface area contributed by atoms with Crippen molar-refractivity contribution in [2.24, 2.45) is 0 Å². The number of nitrogens with two attached hydrogens (primary N) is 1. The quantitative estimate of drug-likeness (QED) is 0.323. The number of anilines is 1. The number of hydrogen-bond acceptors (Lipinski definition) is 9. The molecule has 0 saturated carbocycles. The van der Waals surface area contributed by atoms with E-state index in [1.165, 1.54) is 18.2 Å². The molecular weight excluding hydrogens is 574 g/mol. The van der Waals surface area contributed by atoms with Gasteiger partial charge in [0.2, 0.25) is 5.88 Å². The van der Waals surface area contributed by atoms with E-state index in [9.17, 15) is 9.18 Å². The number of ether oxygens (including phenoxy) is 2. The Balaban J connectivity index is 1.42. The minimum Gasteiger partial charge on any atom is -0.470 e. The van der Waals surface area contributed by atoms with Crippen molar-refractivity contribution in [3.8, 4) is 34.9 Å². The molecule has 13 heteroatoms. The number of aromatic nitrogens is 3. The highest BCUT2D eigenvalue weighted by Gasteiger charge is 2.33. The average molecular weight is 599 g/mol. The number of nitrogen functional groups attached to an aromatic ring is 1. The van der Waals surface area contributed by atoms with Crippen LogP contribution in [-0.4, -0.2) is 76.1 Å². The summed E-state index contributed by atoms with van der Waals surface area (Å²) >= 11 is 7.61. The van der Waals surface area contributed by atoms with Crippen molar-refractivity contribution in [3.05, 3.63) is 34.9 Å². The molecule has 1 atom stereocenters. The van der Waals surface area contributed by atoms with Crippen LogP contribution in [0.1, 0.15) is 19.8 Å². The summed E-state index contributed by atoms with van der Waals surface area (Å²) in [5.41, 5.74) is 6.25. The summed E-state index contributed by atoms with van der Waals surface area (Å²) in [7, 11) is 2.02. The van der Waals surface area contributed by atoms with Gasteiger partial charge in [-0.15, -0.1) is 0 Å². The average Bonchev–Trinajstić information content (AvgIpc) is 3.51. The van der Waals surface area contributed by atoms with E-state index >= 15 is 4.39 Å². The summed E-state index contributed by atoms with van der Waals surface area (Å²) in [6.07, 6.45) is 1.63. The third kappa shape index (κ3) is 5.09. The van der Waals surface area contributed by atoms with Crippen molar-refractivity contribution < 1.29 is 23.0 Å². The fourth-order valence-electron chi connectivity index (χ4n) is 5.13. The SMILES string of the molecule is CC#CC(=O)N1CC(Oc2nc(OC[C@@H]3CCCN3C)nc3c(F)c(-c4ccc(F)c5sc(N)nc45)c(Cl)cc23)C1. The molecule has 1 amide bonds. The Bertz CT molecular complexity index is 1750. The maximum absolute atomic E-state index is 16.4. The lowest BCUT2D eigenvalue weighted by atomic mass is 10.0. The highest BCUT2D eigenvalue weighted by molar-refractivity contribution is 7.22. The van der Waals surface area contributed by atoms with Crippen molar-refractivity contribution in [2.75, 3.05) is 39.0 Å². The highest BCUT2D eigenvalue weighted by atomic mass is 35.5. The Hall–Kier alpha value is -3.79. The zero-order valence-corrected chi connectivity index (χ0v) is 23.8. The lowest BCUT2D eigenvalue weighted by molar-refractivity contribution is -0.133. The summed E-state index contributed by atoms with van der Waals surface area (Å²) in [4.78, 5) is 28.9. The predicted octanol–water partition coefficient (Wildman–Crippen LogP) is 4.51. The van der Waals surface area contributed by atoms with Crippen molar-refractivity contribution in [2.45, 2.75) is 31.9 Å². The van der Waals surface area contributed by atoms with E-state index in [0.717, 1.165) is 30.7 Å². The van der Waals surface area contributed by atoms with E-state index in [1.807, 2.05) is 7.05 Å². The third-order valence-electron chi connectivity index (χ3n) is 7.33. The van der Waals surface area contributed by atoms with Gasteiger partial charge < -0.3 is 25.0 Å². The van der Waals surface area contributed by atoms with Crippen molar-refractivity contribution in [3.63, 3.8) is 0 Å². The van der Waals surface area contributed by atoms with Crippen LogP contribution >= 0.6 is 22.9 Å². The number of likely N-dealkylation sites (tertiary alicyclic amines) is 2. The van der Waals surface area contributed by atoms with Gasteiger partial charge in [-0.3, -0.25) is 4.79 Å². The zero-order valence-electron chi connectivity index (χ0n) is 22.2. The van der Waals surface area contributed by atoms with Crippen LogP contribution in [0.25, 0.3) is 32.2 Å². The van der Waals surface area contributed by atoms with Crippen LogP contribution in [0.2, 0.25) is 5.02 Å². The molecule has 2 aliphatic heterocycles. The van der Waals surface area contributed by atoms with E-state index in [1.54, 1.807) is 11.8 Å². The number of halogens is 3. The summed E-state index contributed by atoms with van der Waals surface area (Å²) in [6, 6.07) is 4.28. The molecule has 0 bridgehead atoms. The summed E-state index contributed by atoms with van der Waals surface area (Å²) < 4.78 is 43.1. The Labute approximate surface area is 243 Å². The Kier molecular flexibility index (Phi) is 7.27. The molecule has 2 saturated heterocycles. The monoisotopic (exact) mass is 598 g/mol. The van der Waals surface area contributed by atoms with E-state index in [4.69, 9.17) is 26.8 Å². The van der Waals surface area contributed by atoms with Gasteiger partial charge in [-0.1, -0.05) is 28.9 Å².